The van der Waals surface area contributed by atoms with Crippen molar-refractivity contribution in [1.29, 1.82) is 0 Å². The number of halogens is 9. The zero-order valence-electron chi connectivity index (χ0n) is 22.7. The van der Waals surface area contributed by atoms with Gasteiger partial charge in [0.25, 0.3) is 9.70 Å². The van der Waals surface area contributed by atoms with Crippen molar-refractivity contribution < 1.29 is 52.6 Å². The molecular formula is C22H24Cl9NO12S2. The van der Waals surface area contributed by atoms with Crippen LogP contribution in [0.5, 0.6) is 0 Å². The van der Waals surface area contributed by atoms with E-state index in [0.717, 1.165) is 0 Å². The SMILES string of the molecule is C=CCO[C@@H]1O[C@H](COS(=O)(=O)OCC(Cl)(Cl)Cl)[C@@H](OS(=O)(=O)OCC(Cl)(Cl)Cl)[C@H](OCc2ccccc2)[C@H]1NC(=O)C(Cl)(Cl)Cl. The Labute approximate surface area is 310 Å². The number of carbonyl (C=O) groups excluding carboxylic acids is 1. The quantitative estimate of drug-likeness (QED) is 0.175. The molecule has 1 heterocycles. The number of rotatable bonds is 16. The van der Waals surface area contributed by atoms with E-state index in [9.17, 15) is 21.6 Å². The first kappa shape index (κ1) is 42.8. The van der Waals surface area contributed by atoms with Crippen LogP contribution >= 0.6 is 104 Å². The molecule has 24 heteroatoms. The Balaban J connectivity index is 2.59. The zero-order valence-corrected chi connectivity index (χ0v) is 31.1. The third-order valence-electron chi connectivity index (χ3n) is 5.20. The minimum Gasteiger partial charge on any atom is -0.368 e. The third-order valence-corrected chi connectivity index (χ3v) is 8.07. The molecule has 0 spiro atoms. The molecule has 2 rings (SSSR count). The van der Waals surface area contributed by atoms with Crippen LogP contribution < -0.4 is 5.32 Å². The van der Waals surface area contributed by atoms with Crippen molar-refractivity contribution in [3.05, 3.63) is 48.6 Å². The number of nitrogens with one attached hydrogen (secondary N) is 1. The summed E-state index contributed by atoms with van der Waals surface area (Å²) in [6, 6.07) is 6.89. The molecule has 0 aromatic heterocycles. The molecule has 1 aromatic carbocycles. The highest BCUT2D eigenvalue weighted by atomic mass is 35.6. The number of hydrogen-bond acceptors (Lipinski definition) is 12. The van der Waals surface area contributed by atoms with Gasteiger partial charge < -0.3 is 19.5 Å². The van der Waals surface area contributed by atoms with Gasteiger partial charge in [-0.1, -0.05) is 141 Å². The summed E-state index contributed by atoms with van der Waals surface area (Å²) in [6.45, 7) is 0.0708. The largest absolute Gasteiger partial charge is 0.400 e. The van der Waals surface area contributed by atoms with Gasteiger partial charge in [-0.25, -0.2) is 16.7 Å². The van der Waals surface area contributed by atoms with Gasteiger partial charge in [-0.3, -0.25) is 4.79 Å². The van der Waals surface area contributed by atoms with E-state index in [2.05, 4.69) is 20.3 Å². The number of hydrogen-bond donors (Lipinski definition) is 1. The maximum Gasteiger partial charge on any atom is 0.400 e. The van der Waals surface area contributed by atoms with Crippen LogP contribution in [0.1, 0.15) is 5.56 Å². The zero-order chi connectivity index (χ0) is 35.0. The number of benzene rings is 1. The normalized spacial score (nSPS) is 23.2. The molecule has 0 unspecified atom stereocenters. The van der Waals surface area contributed by atoms with Gasteiger partial charge in [0.1, 0.15) is 37.6 Å². The fourth-order valence-electron chi connectivity index (χ4n) is 3.44. The predicted octanol–water partition coefficient (Wildman–Crippen LogP) is 5.02. The van der Waals surface area contributed by atoms with E-state index in [1.165, 1.54) is 6.08 Å². The molecule has 0 radical (unpaired) electrons. The van der Waals surface area contributed by atoms with Crippen LogP contribution in [0.25, 0.3) is 0 Å². The van der Waals surface area contributed by atoms with Gasteiger partial charge in [-0.05, 0) is 5.56 Å². The first-order valence-electron chi connectivity index (χ1n) is 12.2. The smallest absolute Gasteiger partial charge is 0.368 e. The van der Waals surface area contributed by atoms with Crippen LogP contribution in [0.2, 0.25) is 0 Å². The average molecular weight is 878 g/mol. The van der Waals surface area contributed by atoms with Gasteiger partial charge in [0.05, 0.1) is 19.8 Å². The summed E-state index contributed by atoms with van der Waals surface area (Å²) >= 11 is 50.7. The van der Waals surface area contributed by atoms with Gasteiger partial charge in [0.15, 0.2) is 6.29 Å². The number of alkyl halides is 9. The van der Waals surface area contributed by atoms with Gasteiger partial charge >= 0.3 is 20.8 Å². The number of ether oxygens (including phenoxy) is 3. The molecule has 264 valence electrons. The fraction of sp³-hybridized carbons (Fsp3) is 0.591. The second-order valence-corrected chi connectivity index (χ2v) is 18.7. The lowest BCUT2D eigenvalue weighted by molar-refractivity contribution is -0.270. The van der Waals surface area contributed by atoms with Crippen molar-refractivity contribution in [2.24, 2.45) is 0 Å². The van der Waals surface area contributed by atoms with Crippen molar-refractivity contribution in [2.45, 2.75) is 48.6 Å². The molecule has 13 nitrogen and oxygen atoms in total. The Bertz CT molecular complexity index is 1360. The molecule has 0 saturated carbocycles. The Kier molecular flexibility index (Phi) is 17.0. The van der Waals surface area contributed by atoms with Crippen LogP contribution in [0, 0.1) is 0 Å². The van der Waals surface area contributed by atoms with Gasteiger partial charge in [-0.2, -0.15) is 16.8 Å². The minimum atomic E-state index is -5.11. The first-order valence-corrected chi connectivity index (χ1v) is 18.2. The molecule has 1 aliphatic rings. The summed E-state index contributed by atoms with van der Waals surface area (Å²) in [5.41, 5.74) is 0.563. The molecule has 1 fully saturated rings. The molecule has 5 atom stereocenters. The summed E-state index contributed by atoms with van der Waals surface area (Å²) < 4.78 is 80.5. The van der Waals surface area contributed by atoms with Crippen molar-refractivity contribution in [1.82, 2.24) is 5.32 Å². The van der Waals surface area contributed by atoms with E-state index in [1.54, 1.807) is 30.3 Å². The van der Waals surface area contributed by atoms with Gasteiger partial charge in [0.2, 0.25) is 7.59 Å². The molecule has 46 heavy (non-hydrogen) atoms. The summed E-state index contributed by atoms with van der Waals surface area (Å²) in [7, 11) is -10.0. The van der Waals surface area contributed by atoms with E-state index in [4.69, 9.17) is 127 Å². The fourth-order valence-corrected chi connectivity index (χ4v) is 5.89. The number of amides is 1. The molecule has 1 amide bonds. The predicted molar refractivity (Wildman–Crippen MR) is 173 cm³/mol. The molecule has 1 saturated heterocycles. The van der Waals surface area contributed by atoms with Crippen molar-refractivity contribution in [3.63, 3.8) is 0 Å². The maximum atomic E-state index is 12.9. The molecule has 0 bridgehead atoms. The Morgan fingerprint density at radius 2 is 1.41 bits per heavy atom. The monoisotopic (exact) mass is 873 g/mol. The topological polar surface area (TPSA) is 162 Å². The van der Waals surface area contributed by atoms with E-state index in [-0.39, 0.29) is 13.2 Å². The van der Waals surface area contributed by atoms with Crippen LogP contribution in [0.4, 0.5) is 0 Å². The van der Waals surface area contributed by atoms with Crippen LogP contribution in [-0.2, 0) is 63.1 Å². The second kappa shape index (κ2) is 18.2. The summed E-state index contributed by atoms with van der Waals surface area (Å²) in [5, 5.41) is 2.36. The van der Waals surface area contributed by atoms with Gasteiger partial charge in [-0.15, -0.1) is 6.58 Å². The lowest BCUT2D eigenvalue weighted by atomic mass is 9.96. The average Bonchev–Trinajstić information content (AvgIpc) is 2.93. The van der Waals surface area contributed by atoms with Crippen LogP contribution in [0.15, 0.2) is 43.0 Å². The molecule has 1 aliphatic heterocycles. The molecule has 1 aromatic rings. The highest BCUT2D eigenvalue weighted by Crippen LogP contribution is 2.34. The summed E-state index contributed by atoms with van der Waals surface area (Å²) in [6.07, 6.45) is -5.54. The van der Waals surface area contributed by atoms with Crippen molar-refractivity contribution in [2.75, 3.05) is 26.4 Å². The lowest BCUT2D eigenvalue weighted by Gasteiger charge is -2.45. The van der Waals surface area contributed by atoms with E-state index >= 15 is 0 Å². The van der Waals surface area contributed by atoms with E-state index in [0.29, 0.717) is 5.56 Å². The third kappa shape index (κ3) is 16.1. The highest BCUT2D eigenvalue weighted by Gasteiger charge is 2.52. The number of carbonyl (C=O) groups is 1. The van der Waals surface area contributed by atoms with Gasteiger partial charge in [0, 0.05) is 0 Å². The van der Waals surface area contributed by atoms with E-state index < -0.39 is 88.5 Å². The molecule has 0 aliphatic carbocycles. The lowest BCUT2D eigenvalue weighted by Crippen LogP contribution is -2.67. The summed E-state index contributed by atoms with van der Waals surface area (Å²) in [4.78, 5) is 12.8. The second-order valence-electron chi connectivity index (χ2n) is 8.84. The molecule has 1 N–H and O–H groups in total. The van der Waals surface area contributed by atoms with Crippen molar-refractivity contribution >= 4 is 131 Å². The Morgan fingerprint density at radius 3 is 1.93 bits per heavy atom. The minimum absolute atomic E-state index is 0.218. The maximum absolute atomic E-state index is 12.9. The van der Waals surface area contributed by atoms with Crippen LogP contribution in [0.3, 0.4) is 0 Å². The standard InChI is InChI=1S/C22H24Cl9NO12S2/c1-2-8-38-18-15(32-19(33)22(29,30)31)17(39-9-13-6-4-3-5-7-13)16(44-46(36,37)42-12-21(26,27)28)14(43-18)10-40-45(34,35)41-11-20(23,24)25/h2-7,14-18H,1,8-12H2,(H,32,33)/t14-,15-,16-,17-,18-/m1/s1. The Hall–Kier alpha value is 0.660. The highest BCUT2D eigenvalue weighted by molar-refractivity contribution is 7.82. The summed E-state index contributed by atoms with van der Waals surface area (Å²) in [5.74, 6) is -1.21. The first-order chi connectivity index (χ1) is 21.0. The Morgan fingerprint density at radius 1 is 0.848 bits per heavy atom. The molecular weight excluding hydrogens is 853 g/mol. The van der Waals surface area contributed by atoms with Crippen LogP contribution in [-0.4, -0.2) is 91.2 Å². The van der Waals surface area contributed by atoms with Crippen molar-refractivity contribution in [3.8, 4) is 0 Å². The van der Waals surface area contributed by atoms with E-state index in [1.807, 2.05) is 0 Å².